The molecule has 0 radical (unpaired) electrons. The van der Waals surface area contributed by atoms with Crippen molar-refractivity contribution in [1.82, 2.24) is 10.6 Å². The Bertz CT molecular complexity index is 650. The molecular weight excluding hydrogens is 264 g/mol. The van der Waals surface area contributed by atoms with E-state index in [4.69, 9.17) is 0 Å². The highest BCUT2D eigenvalue weighted by Crippen LogP contribution is 2.35. The van der Waals surface area contributed by atoms with Crippen LogP contribution in [0.15, 0.2) is 40.9 Å². The summed E-state index contributed by atoms with van der Waals surface area (Å²) in [5.41, 5.74) is 1.33. The molecule has 6 heteroatoms. The molecule has 0 saturated carbocycles. The quantitative estimate of drug-likeness (QED) is 0.816. The van der Waals surface area contributed by atoms with Gasteiger partial charge in [-0.15, -0.1) is 0 Å². The van der Waals surface area contributed by atoms with Gasteiger partial charge in [0.2, 0.25) is 0 Å². The van der Waals surface area contributed by atoms with E-state index in [0.717, 1.165) is 5.56 Å². The Kier molecular flexibility index (Phi) is 2.82. The fourth-order valence-electron chi connectivity index (χ4n) is 2.59. The molecule has 1 aromatic carbocycles. The van der Waals surface area contributed by atoms with E-state index in [2.05, 4.69) is 10.6 Å². The van der Waals surface area contributed by atoms with Gasteiger partial charge in [-0.25, -0.2) is 13.2 Å². The molecule has 1 aromatic rings. The molecule has 0 bridgehead atoms. The molecule has 100 valence electrons. The van der Waals surface area contributed by atoms with E-state index in [1.165, 1.54) is 0 Å². The van der Waals surface area contributed by atoms with Gasteiger partial charge in [-0.2, -0.15) is 0 Å². The van der Waals surface area contributed by atoms with E-state index in [9.17, 15) is 13.2 Å². The lowest BCUT2D eigenvalue weighted by molar-refractivity contribution is 0.238. The van der Waals surface area contributed by atoms with Crippen LogP contribution >= 0.6 is 0 Å². The summed E-state index contributed by atoms with van der Waals surface area (Å²) in [7, 11) is -3.30. The van der Waals surface area contributed by atoms with Crippen LogP contribution in [0.5, 0.6) is 0 Å². The van der Waals surface area contributed by atoms with Gasteiger partial charge in [0.25, 0.3) is 0 Å². The van der Waals surface area contributed by atoms with E-state index in [1.54, 1.807) is 0 Å². The van der Waals surface area contributed by atoms with Crippen LogP contribution < -0.4 is 10.6 Å². The number of amides is 2. The molecule has 5 nitrogen and oxygen atoms in total. The number of allylic oxidation sites excluding steroid dienone is 1. The lowest BCUT2D eigenvalue weighted by atomic mass is 10.0. The first-order chi connectivity index (χ1) is 9.08. The van der Waals surface area contributed by atoms with Crippen LogP contribution in [-0.4, -0.2) is 20.2 Å². The molecule has 0 aliphatic carbocycles. The maximum Gasteiger partial charge on any atom is 0.319 e. The Hall–Kier alpha value is -1.82. The molecule has 3 rings (SSSR count). The van der Waals surface area contributed by atoms with E-state index in [1.807, 2.05) is 30.3 Å². The number of carbonyl (C=O) groups is 1. The van der Waals surface area contributed by atoms with E-state index in [0.29, 0.717) is 23.4 Å². The summed E-state index contributed by atoms with van der Waals surface area (Å²) >= 11 is 0. The third-order valence-electron chi connectivity index (χ3n) is 3.41. The zero-order valence-electron chi connectivity index (χ0n) is 10.2. The fraction of sp³-hybridized carbons (Fsp3) is 0.308. The third-order valence-corrected chi connectivity index (χ3v) is 5.39. The van der Waals surface area contributed by atoms with Gasteiger partial charge in [0.1, 0.15) is 0 Å². The Morgan fingerprint density at radius 1 is 1.16 bits per heavy atom. The minimum Gasteiger partial charge on any atom is -0.326 e. The SMILES string of the molecule is O=C1NC2=C(C(c3ccccc3)N1)S(=O)(=O)CCC2. The molecule has 1 unspecified atom stereocenters. The summed E-state index contributed by atoms with van der Waals surface area (Å²) in [5.74, 6) is 0.146. The molecule has 19 heavy (non-hydrogen) atoms. The summed E-state index contributed by atoms with van der Waals surface area (Å²) in [4.78, 5) is 12.0. The summed E-state index contributed by atoms with van der Waals surface area (Å²) in [6.07, 6.45) is 1.16. The van der Waals surface area contributed by atoms with Crippen LogP contribution in [0.1, 0.15) is 24.4 Å². The smallest absolute Gasteiger partial charge is 0.319 e. The van der Waals surface area contributed by atoms with Gasteiger partial charge < -0.3 is 10.6 Å². The molecular formula is C13H14N2O3S. The predicted molar refractivity (Wildman–Crippen MR) is 70.9 cm³/mol. The van der Waals surface area contributed by atoms with Crippen molar-refractivity contribution < 1.29 is 13.2 Å². The number of rotatable bonds is 1. The Labute approximate surface area is 111 Å². The van der Waals surface area contributed by atoms with E-state index < -0.39 is 15.9 Å². The average Bonchev–Trinajstić information content (AvgIpc) is 2.38. The molecule has 0 saturated heterocycles. The first-order valence-electron chi connectivity index (χ1n) is 6.16. The minimum absolute atomic E-state index is 0.146. The van der Waals surface area contributed by atoms with Crippen LogP contribution in [0.25, 0.3) is 0 Å². The normalized spacial score (nSPS) is 25.3. The van der Waals surface area contributed by atoms with Gasteiger partial charge >= 0.3 is 6.03 Å². The highest BCUT2D eigenvalue weighted by molar-refractivity contribution is 7.95. The van der Waals surface area contributed by atoms with Gasteiger partial charge in [0.05, 0.1) is 16.7 Å². The molecule has 0 fully saturated rings. The third kappa shape index (κ3) is 2.12. The topological polar surface area (TPSA) is 75.3 Å². The molecule has 2 heterocycles. The van der Waals surface area contributed by atoms with Gasteiger partial charge in [-0.1, -0.05) is 30.3 Å². The summed E-state index contributed by atoms with van der Waals surface area (Å²) in [5, 5.41) is 5.32. The van der Waals surface area contributed by atoms with Crippen molar-refractivity contribution in [3.8, 4) is 0 Å². The second-order valence-corrected chi connectivity index (χ2v) is 6.78. The number of sulfone groups is 1. The molecule has 2 N–H and O–H groups in total. The largest absolute Gasteiger partial charge is 0.326 e. The van der Waals surface area contributed by atoms with Gasteiger partial charge in [0, 0.05) is 5.70 Å². The Balaban J connectivity index is 2.15. The zero-order valence-corrected chi connectivity index (χ0v) is 11.0. The molecule has 1 atom stereocenters. The van der Waals surface area contributed by atoms with Gasteiger partial charge in [-0.05, 0) is 18.4 Å². The number of nitrogens with one attached hydrogen (secondary N) is 2. The zero-order chi connectivity index (χ0) is 13.5. The molecule has 2 amide bonds. The van der Waals surface area contributed by atoms with Crippen molar-refractivity contribution in [3.63, 3.8) is 0 Å². The number of carbonyl (C=O) groups excluding carboxylic acids is 1. The monoisotopic (exact) mass is 278 g/mol. The van der Waals surface area contributed by atoms with Crippen molar-refractivity contribution in [2.24, 2.45) is 0 Å². The van der Waals surface area contributed by atoms with Crippen molar-refractivity contribution >= 4 is 15.9 Å². The van der Waals surface area contributed by atoms with Crippen LogP contribution in [0.2, 0.25) is 0 Å². The maximum atomic E-state index is 12.3. The number of hydrogen-bond acceptors (Lipinski definition) is 3. The summed E-state index contributed by atoms with van der Waals surface area (Å²) in [6, 6.07) is 8.26. The molecule has 2 aliphatic heterocycles. The van der Waals surface area contributed by atoms with Gasteiger partial charge in [0.15, 0.2) is 9.84 Å². The lowest BCUT2D eigenvalue weighted by Crippen LogP contribution is -2.47. The van der Waals surface area contributed by atoms with Crippen LogP contribution in [-0.2, 0) is 9.84 Å². The van der Waals surface area contributed by atoms with Crippen LogP contribution in [0.3, 0.4) is 0 Å². The standard InChI is InChI=1S/C13H14N2O3S/c16-13-14-10-7-4-8-19(17,18)12(10)11(15-13)9-5-2-1-3-6-9/h1-3,5-6,11H,4,7-8H2,(H2,14,15,16). The lowest BCUT2D eigenvalue weighted by Gasteiger charge is -2.32. The van der Waals surface area contributed by atoms with Crippen molar-refractivity contribution in [2.45, 2.75) is 18.9 Å². The number of hydrogen-bond donors (Lipinski definition) is 2. The van der Waals surface area contributed by atoms with Crippen LogP contribution in [0.4, 0.5) is 4.79 Å². The molecule has 0 aromatic heterocycles. The number of benzene rings is 1. The highest BCUT2D eigenvalue weighted by atomic mass is 32.2. The van der Waals surface area contributed by atoms with E-state index >= 15 is 0 Å². The van der Waals surface area contributed by atoms with Crippen molar-refractivity contribution in [3.05, 3.63) is 46.5 Å². The second-order valence-electron chi connectivity index (χ2n) is 4.71. The first-order valence-corrected chi connectivity index (χ1v) is 7.81. The van der Waals surface area contributed by atoms with Crippen molar-refractivity contribution in [1.29, 1.82) is 0 Å². The minimum atomic E-state index is -3.30. The molecule has 2 aliphatic rings. The first kappa shape index (κ1) is 12.2. The van der Waals surface area contributed by atoms with Crippen LogP contribution in [0, 0.1) is 0 Å². The Morgan fingerprint density at radius 3 is 2.63 bits per heavy atom. The van der Waals surface area contributed by atoms with Crippen molar-refractivity contribution in [2.75, 3.05) is 5.75 Å². The second kappa shape index (κ2) is 4.38. The Morgan fingerprint density at radius 2 is 1.89 bits per heavy atom. The van der Waals surface area contributed by atoms with Gasteiger partial charge in [-0.3, -0.25) is 0 Å². The fourth-order valence-corrected chi connectivity index (χ4v) is 4.41. The highest BCUT2D eigenvalue weighted by Gasteiger charge is 2.38. The van der Waals surface area contributed by atoms with E-state index in [-0.39, 0.29) is 11.8 Å². The average molecular weight is 278 g/mol. The predicted octanol–water partition coefficient (Wildman–Crippen LogP) is 1.46. The maximum absolute atomic E-state index is 12.3. The molecule has 0 spiro atoms. The summed E-state index contributed by atoms with van der Waals surface area (Å²) < 4.78 is 24.5. The number of urea groups is 1. The summed E-state index contributed by atoms with van der Waals surface area (Å²) in [6.45, 7) is 0.